The molecule has 2 aromatic carbocycles. The summed E-state index contributed by atoms with van der Waals surface area (Å²) in [7, 11) is 1.63. The van der Waals surface area contributed by atoms with Gasteiger partial charge in [0.15, 0.2) is 5.82 Å². The Morgan fingerprint density at radius 3 is 2.55 bits per heavy atom. The van der Waals surface area contributed by atoms with E-state index in [0.29, 0.717) is 47.5 Å². The third kappa shape index (κ3) is 6.72. The standard InChI is InChI=1S/C32H35FN6O5/c1-32(30(40)35-17-24-4-3-15-42-24)18-43-29(44-19-32)28-38-26(21-7-9-22(33)10-8-21)27(39-28)25-13-14-34-31(37-25)36-16-20-5-11-23(41-2)12-6-20/h5-14,24,29H,3-4,15-19H2,1-2H3,(H,35,40)(H,38,39)(H,34,36,37). The van der Waals surface area contributed by atoms with Crippen molar-refractivity contribution in [1.29, 1.82) is 0 Å². The van der Waals surface area contributed by atoms with Gasteiger partial charge in [0.05, 0.1) is 48.9 Å². The number of nitrogens with one attached hydrogen (secondary N) is 3. The van der Waals surface area contributed by atoms with Crippen LogP contribution in [-0.4, -0.2) is 65.4 Å². The van der Waals surface area contributed by atoms with Gasteiger partial charge in [-0.15, -0.1) is 0 Å². The summed E-state index contributed by atoms with van der Waals surface area (Å²) in [4.78, 5) is 30.2. The lowest BCUT2D eigenvalue weighted by Crippen LogP contribution is -2.49. The van der Waals surface area contributed by atoms with E-state index in [0.717, 1.165) is 30.8 Å². The van der Waals surface area contributed by atoms with Crippen molar-refractivity contribution in [3.63, 3.8) is 0 Å². The number of methoxy groups -OCH3 is 1. The number of hydrogen-bond acceptors (Lipinski definition) is 9. The molecule has 4 heterocycles. The molecule has 3 N–H and O–H groups in total. The molecule has 0 aliphatic carbocycles. The Bertz CT molecular complexity index is 1570. The lowest BCUT2D eigenvalue weighted by atomic mass is 9.91. The largest absolute Gasteiger partial charge is 0.497 e. The van der Waals surface area contributed by atoms with Crippen LogP contribution >= 0.6 is 0 Å². The van der Waals surface area contributed by atoms with Crippen molar-refractivity contribution in [2.45, 2.75) is 38.7 Å². The SMILES string of the molecule is COc1ccc(CNc2nccc(-c3[nH]c(C4OCC(C)(C(=O)NCC5CCCO5)CO4)nc3-c3ccc(F)cc3)n2)cc1. The summed E-state index contributed by atoms with van der Waals surface area (Å²) in [5.74, 6) is 1.12. The lowest BCUT2D eigenvalue weighted by Gasteiger charge is -2.35. The van der Waals surface area contributed by atoms with E-state index in [1.807, 2.05) is 31.2 Å². The molecule has 1 unspecified atom stereocenters. The first-order valence-electron chi connectivity index (χ1n) is 14.6. The first kappa shape index (κ1) is 29.7. The van der Waals surface area contributed by atoms with Crippen LogP contribution in [0.15, 0.2) is 60.8 Å². The van der Waals surface area contributed by atoms with Crippen molar-refractivity contribution < 1.29 is 28.1 Å². The van der Waals surface area contributed by atoms with Gasteiger partial charge in [-0.3, -0.25) is 4.79 Å². The second kappa shape index (κ2) is 13.1. The Labute approximate surface area is 254 Å². The van der Waals surface area contributed by atoms with Crippen molar-refractivity contribution in [3.8, 4) is 28.4 Å². The molecule has 1 amide bonds. The van der Waals surface area contributed by atoms with Gasteiger partial charge < -0.3 is 34.6 Å². The van der Waals surface area contributed by atoms with Gasteiger partial charge in [0, 0.05) is 31.5 Å². The zero-order valence-electron chi connectivity index (χ0n) is 24.6. The second-order valence-corrected chi connectivity index (χ2v) is 11.2. The number of carbonyl (C=O) groups excluding carboxylic acids is 1. The van der Waals surface area contributed by atoms with Crippen LogP contribution < -0.4 is 15.4 Å². The molecule has 12 heteroatoms. The molecule has 44 heavy (non-hydrogen) atoms. The highest BCUT2D eigenvalue weighted by atomic mass is 19.1. The second-order valence-electron chi connectivity index (χ2n) is 11.2. The van der Waals surface area contributed by atoms with E-state index < -0.39 is 11.7 Å². The van der Waals surface area contributed by atoms with Gasteiger partial charge in [0.2, 0.25) is 18.1 Å². The molecule has 0 bridgehead atoms. The van der Waals surface area contributed by atoms with Crippen LogP contribution in [0.25, 0.3) is 22.6 Å². The normalized spacial score (nSPS) is 21.6. The topological polar surface area (TPSA) is 133 Å². The summed E-state index contributed by atoms with van der Waals surface area (Å²) >= 11 is 0. The maximum atomic E-state index is 13.8. The lowest BCUT2D eigenvalue weighted by molar-refractivity contribution is -0.231. The molecule has 2 aliphatic heterocycles. The van der Waals surface area contributed by atoms with Crippen molar-refractivity contribution in [2.24, 2.45) is 5.41 Å². The van der Waals surface area contributed by atoms with Gasteiger partial charge >= 0.3 is 0 Å². The number of amides is 1. The third-order valence-corrected chi connectivity index (χ3v) is 7.75. The molecule has 2 aliphatic rings. The monoisotopic (exact) mass is 602 g/mol. The quantitative estimate of drug-likeness (QED) is 0.237. The molecule has 0 saturated carbocycles. The van der Waals surface area contributed by atoms with Gasteiger partial charge in [0.1, 0.15) is 11.6 Å². The molecule has 2 aromatic heterocycles. The van der Waals surface area contributed by atoms with Gasteiger partial charge in [-0.2, -0.15) is 0 Å². The predicted octanol–water partition coefficient (Wildman–Crippen LogP) is 4.64. The number of nitrogens with zero attached hydrogens (tertiary/aromatic N) is 3. The minimum Gasteiger partial charge on any atom is -0.497 e. The van der Waals surface area contributed by atoms with Crippen molar-refractivity contribution in [3.05, 3.63) is 78.0 Å². The molecule has 0 spiro atoms. The molecule has 2 fully saturated rings. The molecule has 0 radical (unpaired) electrons. The molecule has 230 valence electrons. The van der Waals surface area contributed by atoms with E-state index in [1.165, 1.54) is 12.1 Å². The number of H-pyrrole nitrogens is 1. The number of hydrogen-bond donors (Lipinski definition) is 3. The minimum atomic E-state index is -0.860. The zero-order chi connectivity index (χ0) is 30.5. The Balaban J connectivity index is 1.19. The maximum Gasteiger partial charge on any atom is 0.230 e. The molecular formula is C32H35FN6O5. The van der Waals surface area contributed by atoms with E-state index in [1.54, 1.807) is 31.5 Å². The average molecular weight is 603 g/mol. The number of aromatic nitrogens is 4. The average Bonchev–Trinajstić information content (AvgIpc) is 3.75. The van der Waals surface area contributed by atoms with Crippen LogP contribution in [0.2, 0.25) is 0 Å². The molecule has 1 atom stereocenters. The van der Waals surface area contributed by atoms with E-state index in [9.17, 15) is 9.18 Å². The number of aromatic amines is 1. The number of imidazole rings is 1. The molecular weight excluding hydrogens is 567 g/mol. The van der Waals surface area contributed by atoms with Crippen molar-refractivity contribution in [2.75, 3.05) is 38.8 Å². The third-order valence-electron chi connectivity index (χ3n) is 7.75. The van der Waals surface area contributed by atoms with Gasteiger partial charge in [-0.25, -0.2) is 19.3 Å². The van der Waals surface area contributed by atoms with Crippen LogP contribution in [0, 0.1) is 11.2 Å². The zero-order valence-corrected chi connectivity index (χ0v) is 24.6. The first-order chi connectivity index (χ1) is 21.4. The number of halogens is 1. The predicted molar refractivity (Wildman–Crippen MR) is 160 cm³/mol. The van der Waals surface area contributed by atoms with E-state index in [2.05, 4.69) is 20.6 Å². The fourth-order valence-corrected chi connectivity index (χ4v) is 5.14. The molecule has 4 aromatic rings. The highest BCUT2D eigenvalue weighted by molar-refractivity contribution is 5.82. The summed E-state index contributed by atoms with van der Waals surface area (Å²) < 4.78 is 36.7. The summed E-state index contributed by atoms with van der Waals surface area (Å²) in [6.07, 6.45) is 2.81. The maximum absolute atomic E-state index is 13.8. The van der Waals surface area contributed by atoms with Crippen LogP contribution in [0.3, 0.4) is 0 Å². The Kier molecular flexibility index (Phi) is 8.82. The summed E-state index contributed by atoms with van der Waals surface area (Å²) in [5, 5.41) is 6.23. The van der Waals surface area contributed by atoms with Gasteiger partial charge in [-0.1, -0.05) is 12.1 Å². The first-order valence-corrected chi connectivity index (χ1v) is 14.6. The molecule has 11 nitrogen and oxygen atoms in total. The smallest absolute Gasteiger partial charge is 0.230 e. The highest BCUT2D eigenvalue weighted by Crippen LogP contribution is 2.35. The summed E-state index contributed by atoms with van der Waals surface area (Å²) in [6, 6.07) is 15.5. The van der Waals surface area contributed by atoms with E-state index in [4.69, 9.17) is 28.9 Å². The van der Waals surface area contributed by atoms with Crippen LogP contribution in [0.1, 0.15) is 37.4 Å². The number of carbonyl (C=O) groups is 1. The van der Waals surface area contributed by atoms with E-state index in [-0.39, 0.29) is 31.0 Å². The van der Waals surface area contributed by atoms with Crippen LogP contribution in [0.5, 0.6) is 5.75 Å². The van der Waals surface area contributed by atoms with Gasteiger partial charge in [-0.05, 0) is 67.8 Å². The fourth-order valence-electron chi connectivity index (χ4n) is 5.14. The molecule has 2 saturated heterocycles. The van der Waals surface area contributed by atoms with Gasteiger partial charge in [0.25, 0.3) is 0 Å². The Morgan fingerprint density at radius 2 is 1.84 bits per heavy atom. The molecule has 6 rings (SSSR count). The number of ether oxygens (including phenoxy) is 4. The van der Waals surface area contributed by atoms with Crippen molar-refractivity contribution >= 4 is 11.9 Å². The van der Waals surface area contributed by atoms with Crippen LogP contribution in [0.4, 0.5) is 10.3 Å². The number of benzene rings is 2. The number of rotatable bonds is 10. The number of anilines is 1. The summed E-state index contributed by atoms with van der Waals surface area (Å²) in [5.41, 5.74) is 2.58. The highest BCUT2D eigenvalue weighted by Gasteiger charge is 2.41. The minimum absolute atomic E-state index is 0.0482. The fraction of sp³-hybridized carbons (Fsp3) is 0.375. The summed E-state index contributed by atoms with van der Waals surface area (Å²) in [6.45, 7) is 3.81. The Morgan fingerprint density at radius 1 is 1.07 bits per heavy atom. The Hall–Kier alpha value is -4.39. The van der Waals surface area contributed by atoms with E-state index >= 15 is 0 Å². The van der Waals surface area contributed by atoms with Crippen molar-refractivity contribution in [1.82, 2.24) is 25.3 Å². The van der Waals surface area contributed by atoms with Crippen LogP contribution in [-0.2, 0) is 25.5 Å².